The van der Waals surface area contributed by atoms with Crippen molar-refractivity contribution in [3.63, 3.8) is 0 Å². The number of anilines is 1. The van der Waals surface area contributed by atoms with Crippen LogP contribution in [0.3, 0.4) is 0 Å². The molecule has 0 aliphatic heterocycles. The molecule has 1 amide bonds. The van der Waals surface area contributed by atoms with Crippen LogP contribution in [0.15, 0.2) is 42.5 Å². The third kappa shape index (κ3) is 4.38. The predicted octanol–water partition coefficient (Wildman–Crippen LogP) is 4.71. The van der Waals surface area contributed by atoms with Crippen molar-refractivity contribution in [2.75, 3.05) is 5.32 Å². The van der Waals surface area contributed by atoms with Crippen LogP contribution in [0.2, 0.25) is 10.0 Å². The van der Waals surface area contributed by atoms with Gasteiger partial charge in [-0.05, 0) is 55.8 Å². The Bertz CT molecular complexity index is 641. The van der Waals surface area contributed by atoms with E-state index in [0.717, 1.165) is 5.56 Å². The van der Waals surface area contributed by atoms with Crippen molar-refractivity contribution in [2.45, 2.75) is 20.0 Å². The Morgan fingerprint density at radius 1 is 1.10 bits per heavy atom. The Morgan fingerprint density at radius 3 is 2.38 bits per heavy atom. The largest absolute Gasteiger partial charge is 0.481 e. The summed E-state index contributed by atoms with van der Waals surface area (Å²) in [5.74, 6) is 0.347. The van der Waals surface area contributed by atoms with Gasteiger partial charge >= 0.3 is 0 Å². The fraction of sp³-hybridized carbons (Fsp3) is 0.188. The number of carbonyl (C=O) groups is 1. The molecule has 2 aromatic carbocycles. The first-order chi connectivity index (χ1) is 9.95. The molecule has 0 radical (unpaired) electrons. The second-order valence-electron chi connectivity index (χ2n) is 4.66. The van der Waals surface area contributed by atoms with E-state index >= 15 is 0 Å². The molecule has 2 aromatic rings. The molecule has 0 unspecified atom stereocenters. The maximum Gasteiger partial charge on any atom is 0.265 e. The van der Waals surface area contributed by atoms with Gasteiger partial charge in [-0.15, -0.1) is 0 Å². The second-order valence-corrected chi connectivity index (χ2v) is 5.54. The molecule has 1 atom stereocenters. The van der Waals surface area contributed by atoms with Crippen molar-refractivity contribution in [2.24, 2.45) is 0 Å². The van der Waals surface area contributed by atoms with Crippen LogP contribution in [-0.2, 0) is 4.79 Å². The van der Waals surface area contributed by atoms with Crippen molar-refractivity contribution in [3.8, 4) is 5.75 Å². The summed E-state index contributed by atoms with van der Waals surface area (Å²) in [5, 5.41) is 4.00. The van der Waals surface area contributed by atoms with E-state index < -0.39 is 6.10 Å². The highest BCUT2D eigenvalue weighted by Crippen LogP contribution is 2.21. The minimum atomic E-state index is -0.635. The smallest absolute Gasteiger partial charge is 0.265 e. The quantitative estimate of drug-likeness (QED) is 0.885. The molecule has 0 bridgehead atoms. The molecule has 0 spiro atoms. The van der Waals surface area contributed by atoms with E-state index in [1.165, 1.54) is 0 Å². The van der Waals surface area contributed by atoms with E-state index in [0.29, 0.717) is 21.5 Å². The maximum absolute atomic E-state index is 12.1. The van der Waals surface area contributed by atoms with Gasteiger partial charge in [0.15, 0.2) is 6.10 Å². The monoisotopic (exact) mass is 323 g/mol. The summed E-state index contributed by atoms with van der Waals surface area (Å²) in [6, 6.07) is 12.2. The van der Waals surface area contributed by atoms with E-state index in [-0.39, 0.29) is 5.91 Å². The van der Waals surface area contributed by atoms with E-state index in [9.17, 15) is 4.79 Å². The molecular formula is C16H15Cl2NO2. The molecule has 0 fully saturated rings. The highest BCUT2D eigenvalue weighted by molar-refractivity contribution is 6.31. The lowest BCUT2D eigenvalue weighted by Crippen LogP contribution is -2.30. The van der Waals surface area contributed by atoms with E-state index in [1.54, 1.807) is 43.3 Å². The van der Waals surface area contributed by atoms with Crippen LogP contribution < -0.4 is 10.1 Å². The topological polar surface area (TPSA) is 38.3 Å². The number of rotatable bonds is 4. The SMILES string of the molecule is Cc1ccc(Cl)cc1NC(=O)[C@@H](C)Oc1ccc(Cl)cc1. The highest BCUT2D eigenvalue weighted by Gasteiger charge is 2.15. The van der Waals surface area contributed by atoms with Gasteiger partial charge in [-0.1, -0.05) is 29.3 Å². The summed E-state index contributed by atoms with van der Waals surface area (Å²) in [7, 11) is 0. The highest BCUT2D eigenvalue weighted by atomic mass is 35.5. The Balaban J connectivity index is 2.02. The van der Waals surface area contributed by atoms with Gasteiger partial charge < -0.3 is 10.1 Å². The lowest BCUT2D eigenvalue weighted by molar-refractivity contribution is -0.122. The molecule has 21 heavy (non-hydrogen) atoms. The van der Waals surface area contributed by atoms with Crippen LogP contribution in [0.1, 0.15) is 12.5 Å². The number of carbonyl (C=O) groups excluding carboxylic acids is 1. The molecule has 1 N–H and O–H groups in total. The number of aryl methyl sites for hydroxylation is 1. The molecule has 0 saturated carbocycles. The summed E-state index contributed by atoms with van der Waals surface area (Å²) in [6.45, 7) is 3.58. The molecule has 0 aliphatic carbocycles. The summed E-state index contributed by atoms with van der Waals surface area (Å²) in [4.78, 5) is 12.1. The van der Waals surface area contributed by atoms with Crippen molar-refractivity contribution in [1.29, 1.82) is 0 Å². The van der Waals surface area contributed by atoms with Gasteiger partial charge in [0, 0.05) is 15.7 Å². The summed E-state index contributed by atoms with van der Waals surface area (Å²) < 4.78 is 5.57. The van der Waals surface area contributed by atoms with Crippen LogP contribution in [0.5, 0.6) is 5.75 Å². The molecule has 3 nitrogen and oxygen atoms in total. The van der Waals surface area contributed by atoms with Crippen molar-refractivity contribution >= 4 is 34.8 Å². The number of ether oxygens (including phenoxy) is 1. The van der Waals surface area contributed by atoms with Crippen LogP contribution in [0, 0.1) is 6.92 Å². The number of hydrogen-bond donors (Lipinski definition) is 1. The molecule has 0 saturated heterocycles. The zero-order chi connectivity index (χ0) is 15.4. The van der Waals surface area contributed by atoms with Crippen LogP contribution in [-0.4, -0.2) is 12.0 Å². The molecule has 2 rings (SSSR count). The average Bonchev–Trinajstić information content (AvgIpc) is 2.45. The van der Waals surface area contributed by atoms with Gasteiger partial charge in [-0.2, -0.15) is 0 Å². The lowest BCUT2D eigenvalue weighted by Gasteiger charge is -2.16. The van der Waals surface area contributed by atoms with Gasteiger partial charge in [0.05, 0.1) is 0 Å². The molecule has 0 aliphatic rings. The second kappa shape index (κ2) is 6.83. The first-order valence-corrected chi connectivity index (χ1v) is 7.20. The maximum atomic E-state index is 12.1. The van der Waals surface area contributed by atoms with Gasteiger partial charge in [0.1, 0.15) is 5.75 Å². The number of benzene rings is 2. The lowest BCUT2D eigenvalue weighted by atomic mass is 10.2. The summed E-state index contributed by atoms with van der Waals surface area (Å²) >= 11 is 11.7. The van der Waals surface area contributed by atoms with Crippen molar-refractivity contribution < 1.29 is 9.53 Å². The van der Waals surface area contributed by atoms with Crippen molar-refractivity contribution in [1.82, 2.24) is 0 Å². The van der Waals surface area contributed by atoms with Crippen LogP contribution >= 0.6 is 23.2 Å². The summed E-state index contributed by atoms with van der Waals surface area (Å²) in [5.41, 5.74) is 1.62. The molecule has 0 heterocycles. The Kier molecular flexibility index (Phi) is 5.10. The number of hydrogen-bond acceptors (Lipinski definition) is 2. The van der Waals surface area contributed by atoms with E-state index in [1.807, 2.05) is 13.0 Å². The van der Waals surface area contributed by atoms with Gasteiger partial charge in [-0.25, -0.2) is 0 Å². The standard InChI is InChI=1S/C16H15Cl2NO2/c1-10-3-4-13(18)9-15(10)19-16(20)11(2)21-14-7-5-12(17)6-8-14/h3-9,11H,1-2H3,(H,19,20)/t11-/m1/s1. The van der Waals surface area contributed by atoms with Gasteiger partial charge in [0.2, 0.25) is 0 Å². The minimum Gasteiger partial charge on any atom is -0.481 e. The normalized spacial score (nSPS) is 11.8. The Labute approximate surface area is 133 Å². The zero-order valence-corrected chi connectivity index (χ0v) is 13.2. The molecule has 0 aromatic heterocycles. The number of halogens is 2. The first-order valence-electron chi connectivity index (χ1n) is 6.45. The van der Waals surface area contributed by atoms with Gasteiger partial charge in [-0.3, -0.25) is 4.79 Å². The fourth-order valence-corrected chi connectivity index (χ4v) is 2.03. The minimum absolute atomic E-state index is 0.240. The Morgan fingerprint density at radius 2 is 1.71 bits per heavy atom. The third-order valence-electron chi connectivity index (χ3n) is 2.95. The number of amides is 1. The first kappa shape index (κ1) is 15.7. The third-order valence-corrected chi connectivity index (χ3v) is 3.44. The van der Waals surface area contributed by atoms with Gasteiger partial charge in [0.25, 0.3) is 5.91 Å². The van der Waals surface area contributed by atoms with E-state index in [2.05, 4.69) is 5.32 Å². The molecule has 110 valence electrons. The van der Waals surface area contributed by atoms with Crippen molar-refractivity contribution in [3.05, 3.63) is 58.1 Å². The molecular weight excluding hydrogens is 309 g/mol. The molecule has 5 heteroatoms. The number of nitrogens with one attached hydrogen (secondary N) is 1. The van der Waals surface area contributed by atoms with Crippen LogP contribution in [0.25, 0.3) is 0 Å². The average molecular weight is 324 g/mol. The van der Waals surface area contributed by atoms with E-state index in [4.69, 9.17) is 27.9 Å². The summed E-state index contributed by atoms with van der Waals surface area (Å²) in [6.07, 6.45) is -0.635. The predicted molar refractivity (Wildman–Crippen MR) is 86.4 cm³/mol. The zero-order valence-electron chi connectivity index (χ0n) is 11.7. The fourth-order valence-electron chi connectivity index (χ4n) is 1.73. The Hall–Kier alpha value is -1.71. The van der Waals surface area contributed by atoms with Crippen LogP contribution in [0.4, 0.5) is 5.69 Å².